The molecule has 0 aliphatic carbocycles. The first-order chi connectivity index (χ1) is 5.65. The van der Waals surface area contributed by atoms with Crippen LogP contribution in [0.5, 0.6) is 0 Å². The smallest absolute Gasteiger partial charge is 0.0843 e. The van der Waals surface area contributed by atoms with E-state index < -0.39 is 0 Å². The van der Waals surface area contributed by atoms with E-state index in [1.165, 1.54) is 0 Å². The van der Waals surface area contributed by atoms with Gasteiger partial charge >= 0.3 is 0 Å². The molecule has 0 bridgehead atoms. The van der Waals surface area contributed by atoms with Gasteiger partial charge in [0.1, 0.15) is 0 Å². The van der Waals surface area contributed by atoms with Crippen molar-refractivity contribution in [2.75, 3.05) is 0 Å². The van der Waals surface area contributed by atoms with Crippen molar-refractivity contribution in [1.29, 1.82) is 5.26 Å². The molecule has 0 aromatic carbocycles. The van der Waals surface area contributed by atoms with Crippen LogP contribution in [0.1, 0.15) is 17.3 Å². The van der Waals surface area contributed by atoms with Gasteiger partial charge in [0.15, 0.2) is 0 Å². The van der Waals surface area contributed by atoms with E-state index in [0.717, 1.165) is 13.1 Å². The lowest BCUT2D eigenvalue weighted by Gasteiger charge is -2.01. The maximum atomic E-state index is 8.43. The van der Waals surface area contributed by atoms with Crippen molar-refractivity contribution in [2.24, 2.45) is 5.73 Å². The van der Waals surface area contributed by atoms with Crippen molar-refractivity contribution in [3.05, 3.63) is 19.2 Å². The van der Waals surface area contributed by atoms with E-state index >= 15 is 0 Å². The number of nitriles is 1. The van der Waals surface area contributed by atoms with Gasteiger partial charge in [-0.25, -0.2) is 0 Å². The highest BCUT2D eigenvalue weighted by molar-refractivity contribution is 9.13. The van der Waals surface area contributed by atoms with Crippen LogP contribution in [0, 0.1) is 11.3 Å². The number of rotatable bonds is 2. The Morgan fingerprint density at radius 1 is 1.62 bits per heavy atom. The van der Waals surface area contributed by atoms with Crippen molar-refractivity contribution in [3.63, 3.8) is 0 Å². The van der Waals surface area contributed by atoms with Gasteiger partial charge in [-0.3, -0.25) is 0 Å². The molecule has 1 atom stereocenters. The third-order valence-corrected chi connectivity index (χ3v) is 4.73. The third kappa shape index (κ3) is 3.56. The fourth-order valence-electron chi connectivity index (χ4n) is 0.745. The summed E-state index contributed by atoms with van der Waals surface area (Å²) in [5.74, 6) is 0. The van der Waals surface area contributed by atoms with Crippen molar-refractivity contribution < 1.29 is 0 Å². The van der Waals surface area contributed by atoms with Gasteiger partial charge in [-0.2, -0.15) is 5.26 Å². The van der Waals surface area contributed by atoms with Gasteiger partial charge in [-0.15, -0.1) is 23.7 Å². The molecule has 0 unspecified atom stereocenters. The van der Waals surface area contributed by atoms with E-state index in [2.05, 4.69) is 31.9 Å². The molecule has 0 aliphatic heterocycles. The molecule has 2 nitrogen and oxygen atoms in total. The molecule has 0 amide bonds. The maximum Gasteiger partial charge on any atom is 0.0843 e. The number of hydrogen-bond donors (Lipinski definition) is 1. The molecule has 0 saturated heterocycles. The highest BCUT2D eigenvalue weighted by Crippen LogP contribution is 2.35. The molecule has 0 fully saturated rings. The lowest BCUT2D eigenvalue weighted by atomic mass is 10.2. The summed E-state index contributed by atoms with van der Waals surface area (Å²) in [6, 6.07) is 3.82. The van der Waals surface area contributed by atoms with E-state index in [4.69, 9.17) is 11.0 Å². The zero-order chi connectivity index (χ0) is 9.14. The Labute approximate surface area is 104 Å². The summed E-state index contributed by atoms with van der Waals surface area (Å²) in [7, 11) is 0. The average Bonchev–Trinajstić information content (AvgIpc) is 2.33. The molecule has 1 aromatic rings. The van der Waals surface area contributed by atoms with E-state index in [9.17, 15) is 0 Å². The van der Waals surface area contributed by atoms with E-state index in [-0.39, 0.29) is 18.4 Å². The molecular formula is C7H7Br2ClN2S. The van der Waals surface area contributed by atoms with Crippen LogP contribution in [0.25, 0.3) is 0 Å². The fraction of sp³-hybridized carbons (Fsp3) is 0.286. The molecule has 0 spiro atoms. The predicted octanol–water partition coefficient (Wildman–Crippen LogP) is 3.61. The summed E-state index contributed by atoms with van der Waals surface area (Å²) < 4.78 is 2.02. The van der Waals surface area contributed by atoms with E-state index in [0.29, 0.717) is 6.42 Å². The zero-order valence-corrected chi connectivity index (χ0v) is 11.3. The molecule has 1 rings (SSSR count). The number of halogens is 3. The second kappa shape index (κ2) is 5.99. The summed E-state index contributed by atoms with van der Waals surface area (Å²) in [6.45, 7) is 0. The Hall–Kier alpha value is 0.400. The van der Waals surface area contributed by atoms with Crippen molar-refractivity contribution in [2.45, 2.75) is 12.5 Å². The Morgan fingerprint density at radius 3 is 2.62 bits per heavy atom. The first kappa shape index (κ1) is 13.4. The van der Waals surface area contributed by atoms with Crippen molar-refractivity contribution >= 4 is 55.6 Å². The molecule has 72 valence electrons. The van der Waals surface area contributed by atoms with Gasteiger partial charge < -0.3 is 5.73 Å². The minimum absolute atomic E-state index is 0. The topological polar surface area (TPSA) is 49.8 Å². The summed E-state index contributed by atoms with van der Waals surface area (Å²) in [4.78, 5) is 1.02. The van der Waals surface area contributed by atoms with Gasteiger partial charge in [0, 0.05) is 9.35 Å². The van der Waals surface area contributed by atoms with Gasteiger partial charge in [0.25, 0.3) is 0 Å². The second-order valence-electron chi connectivity index (χ2n) is 2.24. The van der Waals surface area contributed by atoms with E-state index in [1.807, 2.05) is 12.1 Å². The molecule has 0 radical (unpaired) electrons. The molecule has 0 aliphatic rings. The van der Waals surface area contributed by atoms with Crippen LogP contribution in [0.4, 0.5) is 0 Å². The number of nitrogens with zero attached hydrogens (tertiary/aromatic N) is 1. The van der Waals surface area contributed by atoms with Crippen molar-refractivity contribution in [1.82, 2.24) is 0 Å². The van der Waals surface area contributed by atoms with Gasteiger partial charge in [0.2, 0.25) is 0 Å². The fourth-order valence-corrected chi connectivity index (χ4v) is 2.84. The van der Waals surface area contributed by atoms with Crippen LogP contribution in [0.3, 0.4) is 0 Å². The van der Waals surface area contributed by atoms with Crippen molar-refractivity contribution in [3.8, 4) is 6.07 Å². The summed E-state index contributed by atoms with van der Waals surface area (Å²) in [5, 5.41) is 8.43. The summed E-state index contributed by atoms with van der Waals surface area (Å²) in [5.41, 5.74) is 5.73. The second-order valence-corrected chi connectivity index (χ2v) is 5.50. The SMILES string of the molecule is Cl.N#CC[C@H](N)c1cc(Br)c(Br)s1. The van der Waals surface area contributed by atoms with Crippen LogP contribution in [0.15, 0.2) is 14.3 Å². The number of thiophene rings is 1. The molecule has 1 heterocycles. The highest BCUT2D eigenvalue weighted by Gasteiger charge is 2.10. The third-order valence-electron chi connectivity index (χ3n) is 1.34. The van der Waals surface area contributed by atoms with Crippen LogP contribution in [-0.2, 0) is 0 Å². The molecule has 1 aromatic heterocycles. The van der Waals surface area contributed by atoms with Gasteiger partial charge in [-0.1, -0.05) is 0 Å². The first-order valence-corrected chi connectivity index (χ1v) is 5.62. The minimum Gasteiger partial charge on any atom is -0.322 e. The van der Waals surface area contributed by atoms with Crippen LogP contribution in [0.2, 0.25) is 0 Å². The van der Waals surface area contributed by atoms with Gasteiger partial charge in [0.05, 0.1) is 22.3 Å². The first-order valence-electron chi connectivity index (χ1n) is 3.22. The van der Waals surface area contributed by atoms with Gasteiger partial charge in [-0.05, 0) is 37.9 Å². The Bertz CT molecular complexity index is 301. The van der Waals surface area contributed by atoms with Crippen LogP contribution >= 0.6 is 55.6 Å². The number of nitrogens with two attached hydrogens (primary N) is 1. The minimum atomic E-state index is -0.164. The highest BCUT2D eigenvalue weighted by atomic mass is 79.9. The Morgan fingerprint density at radius 2 is 2.23 bits per heavy atom. The monoisotopic (exact) mass is 344 g/mol. The molecule has 0 saturated carbocycles. The van der Waals surface area contributed by atoms with Crippen LogP contribution < -0.4 is 5.73 Å². The Balaban J connectivity index is 0.00000144. The predicted molar refractivity (Wildman–Crippen MR) is 64.1 cm³/mol. The summed E-state index contributed by atoms with van der Waals surface area (Å²) >= 11 is 8.29. The normalized spacial score (nSPS) is 11.5. The molecule has 13 heavy (non-hydrogen) atoms. The lowest BCUT2D eigenvalue weighted by Crippen LogP contribution is -2.06. The van der Waals surface area contributed by atoms with E-state index in [1.54, 1.807) is 11.3 Å². The molecule has 6 heteroatoms. The average molecular weight is 346 g/mol. The molecular weight excluding hydrogens is 339 g/mol. The molecule has 2 N–H and O–H groups in total. The summed E-state index contributed by atoms with van der Waals surface area (Å²) in [6.07, 6.45) is 0.361. The number of hydrogen-bond acceptors (Lipinski definition) is 3. The van der Waals surface area contributed by atoms with Crippen LogP contribution in [-0.4, -0.2) is 0 Å². The largest absolute Gasteiger partial charge is 0.322 e. The zero-order valence-electron chi connectivity index (χ0n) is 6.46. The lowest BCUT2D eigenvalue weighted by molar-refractivity contribution is 0.764. The Kier molecular flexibility index (Phi) is 6.18. The maximum absolute atomic E-state index is 8.43. The quantitative estimate of drug-likeness (QED) is 0.889. The standard InChI is InChI=1S/C7H6Br2N2S.ClH/c8-4-3-6(12-7(4)9)5(11)1-2-10;/h3,5H,1,11H2;1H/t5-;/m0./s1.